The van der Waals surface area contributed by atoms with Gasteiger partial charge in [-0.3, -0.25) is 4.40 Å². The number of thioether (sulfide) groups is 1. The second-order valence-electron chi connectivity index (χ2n) is 5.56. The first kappa shape index (κ1) is 16.1. The Labute approximate surface area is 153 Å². The Kier molecular flexibility index (Phi) is 4.19. The maximum Gasteiger partial charge on any atom is 0.226 e. The average molecular weight is 372 g/mol. The van der Waals surface area contributed by atoms with E-state index in [1.54, 1.807) is 18.0 Å². The summed E-state index contributed by atoms with van der Waals surface area (Å²) in [4.78, 5) is 8.99. The van der Waals surface area contributed by atoms with Crippen molar-refractivity contribution in [1.29, 1.82) is 0 Å². The van der Waals surface area contributed by atoms with Crippen LogP contribution in [-0.2, 0) is 5.75 Å². The van der Waals surface area contributed by atoms with Crippen molar-refractivity contribution >= 4 is 29.0 Å². The molecule has 0 bridgehead atoms. The van der Waals surface area contributed by atoms with E-state index in [4.69, 9.17) is 16.0 Å². The number of fused-ring (bicyclic) bond motifs is 1. The van der Waals surface area contributed by atoms with Gasteiger partial charge in [-0.2, -0.15) is 0 Å². The summed E-state index contributed by atoms with van der Waals surface area (Å²) in [6.07, 6.45) is 1.66. The summed E-state index contributed by atoms with van der Waals surface area (Å²) < 4.78 is 7.51. The molecular weight excluding hydrogens is 358 g/mol. The maximum absolute atomic E-state index is 5.91. The molecule has 126 valence electrons. The fraction of sp³-hybridized carbons (Fsp3) is 0.176. The molecule has 0 saturated heterocycles. The lowest BCUT2D eigenvalue weighted by molar-refractivity contribution is 0.573. The van der Waals surface area contributed by atoms with Gasteiger partial charge in [0.05, 0.1) is 5.69 Å². The van der Waals surface area contributed by atoms with E-state index in [1.165, 1.54) is 0 Å². The summed E-state index contributed by atoms with van der Waals surface area (Å²) >= 11 is 7.45. The lowest BCUT2D eigenvalue weighted by Crippen LogP contribution is -1.98. The Morgan fingerprint density at radius 1 is 1.12 bits per heavy atom. The Balaban J connectivity index is 1.53. The molecule has 25 heavy (non-hydrogen) atoms. The van der Waals surface area contributed by atoms with Gasteiger partial charge < -0.3 is 4.42 Å². The van der Waals surface area contributed by atoms with Crippen molar-refractivity contribution in [3.63, 3.8) is 0 Å². The highest BCUT2D eigenvalue weighted by Gasteiger charge is 2.12. The SMILES string of the molecule is Cc1cc2nnc(SCc3coc(-c4ccc(Cl)cc4)n3)n2c(C)n1. The molecule has 0 spiro atoms. The highest BCUT2D eigenvalue weighted by atomic mass is 35.5. The van der Waals surface area contributed by atoms with Crippen molar-refractivity contribution in [3.8, 4) is 11.5 Å². The number of oxazole rings is 1. The number of rotatable bonds is 4. The molecule has 0 aliphatic rings. The van der Waals surface area contributed by atoms with E-state index in [9.17, 15) is 0 Å². The van der Waals surface area contributed by atoms with Crippen molar-refractivity contribution in [2.75, 3.05) is 0 Å². The first-order chi connectivity index (χ1) is 12.1. The number of aromatic nitrogens is 5. The summed E-state index contributed by atoms with van der Waals surface area (Å²) in [5.41, 5.74) is 3.46. The van der Waals surface area contributed by atoms with Crippen LogP contribution >= 0.6 is 23.4 Å². The molecule has 0 unspecified atom stereocenters. The van der Waals surface area contributed by atoms with Gasteiger partial charge in [-0.15, -0.1) is 10.2 Å². The Morgan fingerprint density at radius 2 is 1.92 bits per heavy atom. The van der Waals surface area contributed by atoms with E-state index in [0.29, 0.717) is 16.7 Å². The molecule has 0 amide bonds. The highest BCUT2D eigenvalue weighted by molar-refractivity contribution is 7.98. The van der Waals surface area contributed by atoms with Gasteiger partial charge in [0.25, 0.3) is 0 Å². The van der Waals surface area contributed by atoms with Gasteiger partial charge in [0.1, 0.15) is 12.1 Å². The molecule has 6 nitrogen and oxygen atoms in total. The standard InChI is InChI=1S/C17H14ClN5OS/c1-10-7-15-21-22-17(23(15)11(2)19-10)25-9-14-8-24-16(20-14)12-3-5-13(18)6-4-12/h3-8H,9H2,1-2H3. The van der Waals surface area contributed by atoms with Crippen LogP contribution < -0.4 is 0 Å². The smallest absolute Gasteiger partial charge is 0.226 e. The first-order valence-corrected chi connectivity index (χ1v) is 8.99. The summed E-state index contributed by atoms with van der Waals surface area (Å²) in [6.45, 7) is 3.89. The number of hydrogen-bond donors (Lipinski definition) is 0. The van der Waals surface area contributed by atoms with Crippen LogP contribution in [-0.4, -0.2) is 24.6 Å². The van der Waals surface area contributed by atoms with E-state index in [0.717, 1.165) is 33.6 Å². The van der Waals surface area contributed by atoms with Crippen molar-refractivity contribution in [1.82, 2.24) is 24.6 Å². The van der Waals surface area contributed by atoms with Crippen LogP contribution in [0.3, 0.4) is 0 Å². The molecule has 0 radical (unpaired) electrons. The van der Waals surface area contributed by atoms with Gasteiger partial charge in [-0.25, -0.2) is 9.97 Å². The van der Waals surface area contributed by atoms with Crippen LogP contribution in [0.2, 0.25) is 5.02 Å². The molecule has 3 heterocycles. The second-order valence-corrected chi connectivity index (χ2v) is 6.94. The molecule has 0 saturated carbocycles. The van der Waals surface area contributed by atoms with Gasteiger partial charge in [0.2, 0.25) is 5.89 Å². The number of halogens is 1. The van der Waals surface area contributed by atoms with Gasteiger partial charge in [-0.1, -0.05) is 23.4 Å². The fourth-order valence-corrected chi connectivity index (χ4v) is 3.52. The molecule has 4 rings (SSSR count). The molecule has 0 aliphatic heterocycles. The minimum absolute atomic E-state index is 0.576. The fourth-order valence-electron chi connectivity index (χ4n) is 2.53. The lowest BCUT2D eigenvalue weighted by atomic mass is 10.2. The molecule has 4 aromatic rings. The van der Waals surface area contributed by atoms with Gasteiger partial charge in [-0.05, 0) is 38.1 Å². The number of benzene rings is 1. The molecule has 8 heteroatoms. The zero-order chi connectivity index (χ0) is 17.4. The molecule has 0 atom stereocenters. The molecular formula is C17H14ClN5OS. The summed E-state index contributed by atoms with van der Waals surface area (Å²) in [5, 5.41) is 9.93. The molecule has 3 aromatic heterocycles. The van der Waals surface area contributed by atoms with Crippen molar-refractivity contribution in [3.05, 3.63) is 58.8 Å². The molecule has 1 aromatic carbocycles. The summed E-state index contributed by atoms with van der Waals surface area (Å²) in [6, 6.07) is 9.31. The van der Waals surface area contributed by atoms with Crippen LogP contribution in [0.15, 0.2) is 46.2 Å². The van der Waals surface area contributed by atoms with E-state index in [-0.39, 0.29) is 0 Å². The first-order valence-electron chi connectivity index (χ1n) is 7.63. The van der Waals surface area contributed by atoms with E-state index < -0.39 is 0 Å². The predicted molar refractivity (Wildman–Crippen MR) is 96.8 cm³/mol. The van der Waals surface area contributed by atoms with E-state index in [1.807, 2.05) is 48.6 Å². The minimum Gasteiger partial charge on any atom is -0.444 e. The summed E-state index contributed by atoms with van der Waals surface area (Å²) in [5.74, 6) is 2.07. The molecule has 0 aliphatic carbocycles. The second kappa shape index (κ2) is 6.50. The van der Waals surface area contributed by atoms with Crippen molar-refractivity contribution in [2.24, 2.45) is 0 Å². The van der Waals surface area contributed by atoms with Crippen LogP contribution in [0, 0.1) is 13.8 Å². The van der Waals surface area contributed by atoms with Gasteiger partial charge >= 0.3 is 0 Å². The zero-order valence-electron chi connectivity index (χ0n) is 13.6. The largest absolute Gasteiger partial charge is 0.444 e. The van der Waals surface area contributed by atoms with Crippen molar-refractivity contribution < 1.29 is 4.42 Å². The normalized spacial score (nSPS) is 11.3. The van der Waals surface area contributed by atoms with Gasteiger partial charge in [0.15, 0.2) is 10.8 Å². The third-order valence-corrected chi connectivity index (χ3v) is 4.86. The van der Waals surface area contributed by atoms with Crippen LogP contribution in [0.1, 0.15) is 17.2 Å². The lowest BCUT2D eigenvalue weighted by Gasteiger charge is -2.02. The Bertz CT molecular complexity index is 1040. The third-order valence-electron chi connectivity index (χ3n) is 3.65. The number of nitrogens with zero attached hydrogens (tertiary/aromatic N) is 5. The summed E-state index contributed by atoms with van der Waals surface area (Å²) in [7, 11) is 0. The quantitative estimate of drug-likeness (QED) is 0.497. The van der Waals surface area contributed by atoms with Gasteiger partial charge in [0, 0.05) is 28.1 Å². The zero-order valence-corrected chi connectivity index (χ0v) is 15.2. The molecule has 0 N–H and O–H groups in total. The molecule has 0 fully saturated rings. The van der Waals surface area contributed by atoms with E-state index >= 15 is 0 Å². The highest BCUT2D eigenvalue weighted by Crippen LogP contribution is 2.25. The topological polar surface area (TPSA) is 69.1 Å². The third kappa shape index (κ3) is 3.25. The van der Waals surface area contributed by atoms with Crippen LogP contribution in [0.4, 0.5) is 0 Å². The van der Waals surface area contributed by atoms with Crippen molar-refractivity contribution in [2.45, 2.75) is 24.8 Å². The van der Waals surface area contributed by atoms with E-state index in [2.05, 4.69) is 20.2 Å². The maximum atomic E-state index is 5.91. The Hall–Kier alpha value is -2.38. The minimum atomic E-state index is 0.576. The Morgan fingerprint density at radius 3 is 2.72 bits per heavy atom. The van der Waals surface area contributed by atoms with Crippen LogP contribution in [0.5, 0.6) is 0 Å². The monoisotopic (exact) mass is 371 g/mol. The number of aryl methyl sites for hydroxylation is 2. The number of hydrogen-bond acceptors (Lipinski definition) is 6. The average Bonchev–Trinajstić information content (AvgIpc) is 3.20. The van der Waals surface area contributed by atoms with Crippen LogP contribution in [0.25, 0.3) is 17.1 Å². The predicted octanol–water partition coefficient (Wildman–Crippen LogP) is 4.34.